The standard InChI is InChI=1S/C12H16INO/c1-8(2)9(3)12(15)14-11-6-4-10(13)5-7-11/h4-9H,1-3H3,(H,14,15). The van der Waals surface area contributed by atoms with E-state index in [0.29, 0.717) is 5.92 Å². The topological polar surface area (TPSA) is 29.1 Å². The zero-order valence-electron chi connectivity index (χ0n) is 9.25. The molecule has 1 rings (SSSR count). The van der Waals surface area contributed by atoms with Crippen molar-refractivity contribution in [3.05, 3.63) is 27.8 Å². The molecule has 0 fully saturated rings. The summed E-state index contributed by atoms with van der Waals surface area (Å²) >= 11 is 2.24. The fourth-order valence-corrected chi connectivity index (χ4v) is 1.45. The molecule has 15 heavy (non-hydrogen) atoms. The molecule has 0 saturated carbocycles. The largest absolute Gasteiger partial charge is 0.326 e. The summed E-state index contributed by atoms with van der Waals surface area (Å²) in [6.07, 6.45) is 0. The lowest BCUT2D eigenvalue weighted by atomic mass is 9.97. The average Bonchev–Trinajstić information content (AvgIpc) is 2.20. The van der Waals surface area contributed by atoms with Gasteiger partial charge < -0.3 is 5.32 Å². The van der Waals surface area contributed by atoms with Gasteiger partial charge in [0, 0.05) is 15.2 Å². The molecule has 0 aliphatic heterocycles. The van der Waals surface area contributed by atoms with Crippen LogP contribution >= 0.6 is 22.6 Å². The number of hydrogen-bond donors (Lipinski definition) is 1. The Morgan fingerprint density at radius 3 is 2.20 bits per heavy atom. The van der Waals surface area contributed by atoms with Crippen molar-refractivity contribution in [2.24, 2.45) is 11.8 Å². The van der Waals surface area contributed by atoms with Gasteiger partial charge in [-0.2, -0.15) is 0 Å². The molecule has 2 nitrogen and oxygen atoms in total. The third kappa shape index (κ3) is 3.81. The maximum absolute atomic E-state index is 11.7. The first kappa shape index (κ1) is 12.5. The number of halogens is 1. The van der Waals surface area contributed by atoms with Crippen molar-refractivity contribution >= 4 is 34.2 Å². The van der Waals surface area contributed by atoms with Crippen molar-refractivity contribution in [1.82, 2.24) is 0 Å². The fraction of sp³-hybridized carbons (Fsp3) is 0.417. The monoisotopic (exact) mass is 317 g/mol. The Kier molecular flexibility index (Phi) is 4.57. The summed E-state index contributed by atoms with van der Waals surface area (Å²) in [6, 6.07) is 7.81. The van der Waals surface area contributed by atoms with Gasteiger partial charge in [-0.1, -0.05) is 20.8 Å². The Morgan fingerprint density at radius 1 is 1.20 bits per heavy atom. The Labute approximate surface area is 105 Å². The van der Waals surface area contributed by atoms with Crippen LogP contribution in [-0.4, -0.2) is 5.91 Å². The Hall–Kier alpha value is -0.580. The van der Waals surface area contributed by atoms with E-state index in [2.05, 4.69) is 41.8 Å². The Balaban J connectivity index is 2.62. The molecule has 1 aromatic carbocycles. The number of nitrogens with one attached hydrogen (secondary N) is 1. The Bertz CT molecular complexity index is 332. The number of hydrogen-bond acceptors (Lipinski definition) is 1. The van der Waals surface area contributed by atoms with Gasteiger partial charge in [-0.15, -0.1) is 0 Å². The number of rotatable bonds is 3. The highest BCUT2D eigenvalue weighted by Crippen LogP contribution is 2.15. The van der Waals surface area contributed by atoms with Gasteiger partial charge in [0.1, 0.15) is 0 Å². The maximum Gasteiger partial charge on any atom is 0.227 e. The van der Waals surface area contributed by atoms with Gasteiger partial charge in [-0.05, 0) is 52.8 Å². The molecule has 0 aliphatic carbocycles. The van der Waals surface area contributed by atoms with E-state index in [1.54, 1.807) is 0 Å². The highest BCUT2D eigenvalue weighted by atomic mass is 127. The van der Waals surface area contributed by atoms with Crippen LogP contribution in [0.3, 0.4) is 0 Å². The number of carbonyl (C=O) groups is 1. The van der Waals surface area contributed by atoms with E-state index in [0.717, 1.165) is 5.69 Å². The van der Waals surface area contributed by atoms with Crippen molar-refractivity contribution in [2.45, 2.75) is 20.8 Å². The van der Waals surface area contributed by atoms with Crippen molar-refractivity contribution in [1.29, 1.82) is 0 Å². The summed E-state index contributed by atoms with van der Waals surface area (Å²) in [5, 5.41) is 2.91. The van der Waals surface area contributed by atoms with Gasteiger partial charge in [-0.25, -0.2) is 0 Å². The van der Waals surface area contributed by atoms with Crippen molar-refractivity contribution in [2.75, 3.05) is 5.32 Å². The van der Waals surface area contributed by atoms with E-state index in [4.69, 9.17) is 0 Å². The zero-order valence-corrected chi connectivity index (χ0v) is 11.4. The predicted octanol–water partition coefficient (Wildman–Crippen LogP) is 3.52. The lowest BCUT2D eigenvalue weighted by Gasteiger charge is -2.15. The number of benzene rings is 1. The van der Waals surface area contributed by atoms with Crippen LogP contribution in [0.25, 0.3) is 0 Å². The summed E-state index contributed by atoms with van der Waals surface area (Å²) in [6.45, 7) is 6.06. The number of anilines is 1. The second-order valence-electron chi connectivity index (χ2n) is 4.03. The molecule has 0 aromatic heterocycles. The highest BCUT2D eigenvalue weighted by Gasteiger charge is 2.16. The number of amides is 1. The van der Waals surface area contributed by atoms with Gasteiger partial charge in [0.2, 0.25) is 5.91 Å². The fourth-order valence-electron chi connectivity index (χ4n) is 1.09. The van der Waals surface area contributed by atoms with Gasteiger partial charge >= 0.3 is 0 Å². The molecule has 1 atom stereocenters. The van der Waals surface area contributed by atoms with Crippen molar-refractivity contribution in [3.8, 4) is 0 Å². The van der Waals surface area contributed by atoms with E-state index >= 15 is 0 Å². The summed E-state index contributed by atoms with van der Waals surface area (Å²) in [5.41, 5.74) is 0.868. The molecule has 1 amide bonds. The molecule has 1 N–H and O–H groups in total. The van der Waals surface area contributed by atoms with Gasteiger partial charge in [0.25, 0.3) is 0 Å². The first-order valence-corrected chi connectivity index (χ1v) is 6.15. The third-order valence-electron chi connectivity index (χ3n) is 2.53. The van der Waals surface area contributed by atoms with Crippen LogP contribution in [-0.2, 0) is 4.79 Å². The molecular formula is C12H16INO. The maximum atomic E-state index is 11.7. The minimum Gasteiger partial charge on any atom is -0.326 e. The van der Waals surface area contributed by atoms with Gasteiger partial charge in [0.15, 0.2) is 0 Å². The predicted molar refractivity (Wildman–Crippen MR) is 71.8 cm³/mol. The van der Waals surface area contributed by atoms with Crippen LogP contribution in [0, 0.1) is 15.4 Å². The SMILES string of the molecule is CC(C)C(C)C(=O)Nc1ccc(I)cc1. The van der Waals surface area contributed by atoms with Gasteiger partial charge in [-0.3, -0.25) is 4.79 Å². The second kappa shape index (κ2) is 5.49. The van der Waals surface area contributed by atoms with Crippen molar-refractivity contribution < 1.29 is 4.79 Å². The molecule has 0 radical (unpaired) electrons. The van der Waals surface area contributed by atoms with E-state index in [1.165, 1.54) is 3.57 Å². The van der Waals surface area contributed by atoms with Crippen LogP contribution in [0.5, 0.6) is 0 Å². The minimum absolute atomic E-state index is 0.0456. The molecule has 0 aliphatic rings. The molecule has 0 heterocycles. The third-order valence-corrected chi connectivity index (χ3v) is 3.24. The lowest BCUT2D eigenvalue weighted by Crippen LogP contribution is -2.24. The van der Waals surface area contributed by atoms with E-state index in [1.807, 2.05) is 31.2 Å². The van der Waals surface area contributed by atoms with Crippen LogP contribution in [0.15, 0.2) is 24.3 Å². The molecule has 0 spiro atoms. The quantitative estimate of drug-likeness (QED) is 0.849. The zero-order chi connectivity index (χ0) is 11.4. The molecule has 1 unspecified atom stereocenters. The summed E-state index contributed by atoms with van der Waals surface area (Å²) < 4.78 is 1.17. The molecule has 0 bridgehead atoms. The smallest absolute Gasteiger partial charge is 0.227 e. The summed E-state index contributed by atoms with van der Waals surface area (Å²) in [4.78, 5) is 11.7. The summed E-state index contributed by atoms with van der Waals surface area (Å²) in [5.74, 6) is 0.504. The lowest BCUT2D eigenvalue weighted by molar-refractivity contribution is -0.120. The van der Waals surface area contributed by atoms with E-state index in [-0.39, 0.29) is 11.8 Å². The van der Waals surface area contributed by atoms with Crippen molar-refractivity contribution in [3.63, 3.8) is 0 Å². The Morgan fingerprint density at radius 2 is 1.73 bits per heavy atom. The molecule has 1 aromatic rings. The van der Waals surface area contributed by atoms with E-state index < -0.39 is 0 Å². The average molecular weight is 317 g/mol. The van der Waals surface area contributed by atoms with Crippen LogP contribution in [0.2, 0.25) is 0 Å². The first-order chi connectivity index (χ1) is 7.00. The van der Waals surface area contributed by atoms with E-state index in [9.17, 15) is 4.79 Å². The summed E-state index contributed by atoms with van der Waals surface area (Å²) in [7, 11) is 0. The van der Waals surface area contributed by atoms with Crippen LogP contribution in [0.4, 0.5) is 5.69 Å². The minimum atomic E-state index is 0.0456. The van der Waals surface area contributed by atoms with Crippen LogP contribution in [0.1, 0.15) is 20.8 Å². The highest BCUT2D eigenvalue weighted by molar-refractivity contribution is 14.1. The molecule has 3 heteroatoms. The number of carbonyl (C=O) groups excluding carboxylic acids is 1. The second-order valence-corrected chi connectivity index (χ2v) is 5.27. The van der Waals surface area contributed by atoms with Crippen LogP contribution < -0.4 is 5.32 Å². The molecular weight excluding hydrogens is 301 g/mol. The molecule has 0 saturated heterocycles. The van der Waals surface area contributed by atoms with Gasteiger partial charge in [0.05, 0.1) is 0 Å². The first-order valence-electron chi connectivity index (χ1n) is 5.07. The normalized spacial score (nSPS) is 12.6. The molecule has 82 valence electrons.